The molecule has 1 atom stereocenters. The molecule has 0 saturated carbocycles. The molecule has 1 aromatic rings. The van der Waals surface area contributed by atoms with Crippen molar-refractivity contribution in [3.8, 4) is 0 Å². The van der Waals surface area contributed by atoms with Gasteiger partial charge in [-0.2, -0.15) is 0 Å². The lowest BCUT2D eigenvalue weighted by molar-refractivity contribution is -0.384. The summed E-state index contributed by atoms with van der Waals surface area (Å²) in [6, 6.07) is 5.22. The molecule has 136 valence electrons. The quantitative estimate of drug-likeness (QED) is 0.333. The van der Waals surface area contributed by atoms with Crippen LogP contribution in [0.15, 0.2) is 36.4 Å². The molecule has 1 unspecified atom stereocenters. The molecular formula is C17H21NO7. The number of nitro groups is 1. The summed E-state index contributed by atoms with van der Waals surface area (Å²) in [5.74, 6) is -0.741. The highest BCUT2D eigenvalue weighted by Gasteiger charge is 2.29. The van der Waals surface area contributed by atoms with E-state index >= 15 is 0 Å². The van der Waals surface area contributed by atoms with Crippen molar-refractivity contribution in [2.24, 2.45) is 0 Å². The molecule has 0 aromatic heterocycles. The first kappa shape index (κ1) is 20.1. The largest absolute Gasteiger partial charge is 0.509 e. The van der Waals surface area contributed by atoms with Crippen molar-refractivity contribution in [3.05, 3.63) is 52.1 Å². The Labute approximate surface area is 145 Å². The molecule has 0 aliphatic carbocycles. The third-order valence-corrected chi connectivity index (χ3v) is 2.86. The van der Waals surface area contributed by atoms with Crippen LogP contribution in [-0.2, 0) is 19.0 Å². The molecule has 8 heteroatoms. The number of hydrogen-bond acceptors (Lipinski definition) is 7. The Balaban J connectivity index is 3.10. The summed E-state index contributed by atoms with van der Waals surface area (Å²) >= 11 is 0. The standard InChI is InChI=1S/C17H21NO7/c1-6-23-15(19)11(2)14(24-16(20)25-17(3,4)5)12-7-9-13(10-8-12)18(21)22/h7-10,14H,2,6H2,1,3-5H3. The fraction of sp³-hybridized carbons (Fsp3) is 0.412. The van der Waals surface area contributed by atoms with E-state index in [0.717, 1.165) is 0 Å². The van der Waals surface area contributed by atoms with E-state index in [-0.39, 0.29) is 17.9 Å². The average Bonchev–Trinajstić information content (AvgIpc) is 2.50. The molecule has 0 saturated heterocycles. The molecule has 0 spiro atoms. The van der Waals surface area contributed by atoms with E-state index in [1.165, 1.54) is 24.3 Å². The number of nitro benzene ring substituents is 1. The minimum Gasteiger partial charge on any atom is -0.463 e. The van der Waals surface area contributed by atoms with Gasteiger partial charge in [-0.25, -0.2) is 9.59 Å². The second kappa shape index (κ2) is 8.27. The first-order valence-corrected chi connectivity index (χ1v) is 7.55. The van der Waals surface area contributed by atoms with Crippen LogP contribution >= 0.6 is 0 Å². The van der Waals surface area contributed by atoms with Gasteiger partial charge in [0.15, 0.2) is 6.10 Å². The number of nitrogens with zero attached hydrogens (tertiary/aromatic N) is 1. The third-order valence-electron chi connectivity index (χ3n) is 2.86. The van der Waals surface area contributed by atoms with Crippen LogP contribution in [0.5, 0.6) is 0 Å². The van der Waals surface area contributed by atoms with Crippen LogP contribution < -0.4 is 0 Å². The molecule has 0 fully saturated rings. The van der Waals surface area contributed by atoms with Gasteiger partial charge < -0.3 is 14.2 Å². The first-order chi connectivity index (χ1) is 11.5. The molecule has 25 heavy (non-hydrogen) atoms. The number of esters is 1. The second-order valence-corrected chi connectivity index (χ2v) is 6.06. The summed E-state index contributed by atoms with van der Waals surface area (Å²) < 4.78 is 15.2. The number of carbonyl (C=O) groups is 2. The lowest BCUT2D eigenvalue weighted by Crippen LogP contribution is -2.27. The van der Waals surface area contributed by atoms with Crippen molar-refractivity contribution < 1.29 is 28.7 Å². The van der Waals surface area contributed by atoms with Crippen LogP contribution in [0, 0.1) is 10.1 Å². The minimum absolute atomic E-state index is 0.122. The fourth-order valence-corrected chi connectivity index (χ4v) is 1.81. The van der Waals surface area contributed by atoms with E-state index in [9.17, 15) is 19.7 Å². The van der Waals surface area contributed by atoms with Gasteiger partial charge in [-0.15, -0.1) is 0 Å². The van der Waals surface area contributed by atoms with Crippen LogP contribution in [-0.4, -0.2) is 29.3 Å². The number of hydrogen-bond donors (Lipinski definition) is 0. The van der Waals surface area contributed by atoms with E-state index in [1.807, 2.05) is 0 Å². The van der Waals surface area contributed by atoms with Gasteiger partial charge in [-0.1, -0.05) is 6.58 Å². The summed E-state index contributed by atoms with van der Waals surface area (Å²) in [7, 11) is 0. The number of rotatable bonds is 6. The number of non-ortho nitro benzene ring substituents is 1. The van der Waals surface area contributed by atoms with Crippen LogP contribution in [0.1, 0.15) is 39.4 Å². The van der Waals surface area contributed by atoms with E-state index in [1.54, 1.807) is 27.7 Å². The number of ether oxygens (including phenoxy) is 3. The number of carbonyl (C=O) groups excluding carboxylic acids is 2. The van der Waals surface area contributed by atoms with Crippen LogP contribution in [0.4, 0.5) is 10.5 Å². The van der Waals surface area contributed by atoms with Crippen molar-refractivity contribution >= 4 is 17.8 Å². The van der Waals surface area contributed by atoms with Gasteiger partial charge in [0.05, 0.1) is 17.1 Å². The third kappa shape index (κ3) is 6.25. The van der Waals surface area contributed by atoms with Gasteiger partial charge >= 0.3 is 12.1 Å². The highest BCUT2D eigenvalue weighted by atomic mass is 16.7. The van der Waals surface area contributed by atoms with Gasteiger partial charge in [0.1, 0.15) is 5.60 Å². The molecule has 0 heterocycles. The molecule has 0 aliphatic rings. The Hall–Kier alpha value is -2.90. The molecule has 0 N–H and O–H groups in total. The SMILES string of the molecule is C=C(C(=O)OCC)C(OC(=O)OC(C)(C)C)c1ccc([N+](=O)[O-])cc1. The Morgan fingerprint density at radius 1 is 1.24 bits per heavy atom. The zero-order valence-electron chi connectivity index (χ0n) is 14.6. The Bertz CT molecular complexity index is 659. The maximum atomic E-state index is 12.0. The monoisotopic (exact) mass is 351 g/mol. The summed E-state index contributed by atoms with van der Waals surface area (Å²) in [6.07, 6.45) is -2.18. The second-order valence-electron chi connectivity index (χ2n) is 6.06. The summed E-state index contributed by atoms with van der Waals surface area (Å²) in [5, 5.41) is 10.8. The zero-order chi connectivity index (χ0) is 19.2. The van der Waals surface area contributed by atoms with E-state index in [2.05, 4.69) is 6.58 Å². The van der Waals surface area contributed by atoms with Crippen LogP contribution in [0.3, 0.4) is 0 Å². The summed E-state index contributed by atoms with van der Waals surface area (Å²) in [4.78, 5) is 34.1. The molecule has 1 aromatic carbocycles. The van der Waals surface area contributed by atoms with Gasteiger partial charge in [0.2, 0.25) is 0 Å². The smallest absolute Gasteiger partial charge is 0.463 e. The van der Waals surface area contributed by atoms with Crippen molar-refractivity contribution in [1.29, 1.82) is 0 Å². The molecule has 1 rings (SSSR count). The summed E-state index contributed by atoms with van der Waals surface area (Å²) in [5.41, 5.74) is -0.722. The van der Waals surface area contributed by atoms with E-state index < -0.39 is 28.8 Å². The highest BCUT2D eigenvalue weighted by Crippen LogP contribution is 2.28. The molecule has 8 nitrogen and oxygen atoms in total. The van der Waals surface area contributed by atoms with Crippen molar-refractivity contribution in [2.75, 3.05) is 6.61 Å². The predicted molar refractivity (Wildman–Crippen MR) is 88.9 cm³/mol. The molecular weight excluding hydrogens is 330 g/mol. The van der Waals surface area contributed by atoms with Gasteiger partial charge in [0.25, 0.3) is 5.69 Å². The van der Waals surface area contributed by atoms with E-state index in [0.29, 0.717) is 5.56 Å². The van der Waals surface area contributed by atoms with Crippen molar-refractivity contribution in [2.45, 2.75) is 39.4 Å². The number of benzene rings is 1. The van der Waals surface area contributed by atoms with Crippen molar-refractivity contribution in [3.63, 3.8) is 0 Å². The first-order valence-electron chi connectivity index (χ1n) is 7.55. The summed E-state index contributed by atoms with van der Waals surface area (Å²) in [6.45, 7) is 10.3. The molecule has 0 aliphatic heterocycles. The topological polar surface area (TPSA) is 105 Å². The van der Waals surface area contributed by atoms with Gasteiger partial charge in [-0.3, -0.25) is 10.1 Å². The van der Waals surface area contributed by atoms with Crippen molar-refractivity contribution in [1.82, 2.24) is 0 Å². The maximum Gasteiger partial charge on any atom is 0.509 e. The normalized spacial score (nSPS) is 12.0. The Morgan fingerprint density at radius 2 is 1.80 bits per heavy atom. The lowest BCUT2D eigenvalue weighted by Gasteiger charge is -2.23. The van der Waals surface area contributed by atoms with Crippen LogP contribution in [0.25, 0.3) is 0 Å². The van der Waals surface area contributed by atoms with E-state index in [4.69, 9.17) is 14.2 Å². The molecule has 0 amide bonds. The van der Waals surface area contributed by atoms with Gasteiger partial charge in [-0.05, 0) is 45.4 Å². The molecule has 0 radical (unpaired) electrons. The molecule has 0 bridgehead atoms. The Morgan fingerprint density at radius 3 is 2.24 bits per heavy atom. The lowest BCUT2D eigenvalue weighted by atomic mass is 10.0. The fourth-order valence-electron chi connectivity index (χ4n) is 1.81. The van der Waals surface area contributed by atoms with Gasteiger partial charge in [0, 0.05) is 12.1 Å². The maximum absolute atomic E-state index is 12.0. The predicted octanol–water partition coefficient (Wildman–Crippen LogP) is 3.71. The van der Waals surface area contributed by atoms with Crippen LogP contribution in [0.2, 0.25) is 0 Å². The average molecular weight is 351 g/mol. The zero-order valence-corrected chi connectivity index (χ0v) is 14.6. The minimum atomic E-state index is -1.19. The highest BCUT2D eigenvalue weighted by molar-refractivity contribution is 5.89. The Kier molecular flexibility index (Phi) is 6.67.